The number of carbonyl (C=O) groups excluding carboxylic acids is 2. The normalized spacial score (nSPS) is 19.9. The molecular formula is C42H67N9O2S2. The molecule has 3 saturated carbocycles. The van der Waals surface area contributed by atoms with Gasteiger partial charge in [-0.05, 0) is 82.1 Å². The lowest BCUT2D eigenvalue weighted by atomic mass is 9.73. The molecule has 3 fully saturated rings. The zero-order valence-electron chi connectivity index (χ0n) is 33.2. The van der Waals surface area contributed by atoms with Crippen LogP contribution >= 0.6 is 21.6 Å². The largest absolute Gasteiger partial charge is 0.382 e. The minimum Gasteiger partial charge on any atom is -0.382 e. The van der Waals surface area contributed by atoms with Crippen molar-refractivity contribution in [1.29, 1.82) is 5.41 Å². The molecule has 8 N–H and O–H groups in total. The Hall–Kier alpha value is -3.03. The molecule has 2 heterocycles. The number of nitrogens with zero attached hydrogens (tertiary/aromatic N) is 3. The van der Waals surface area contributed by atoms with E-state index in [9.17, 15) is 9.59 Å². The second-order valence-corrected chi connectivity index (χ2v) is 18.4. The third kappa shape index (κ3) is 13.3. The number of amides is 2. The molecule has 2 aromatic heterocycles. The number of unbranched alkanes of at least 4 members (excludes halogenated alkanes) is 4. The Morgan fingerprint density at radius 3 is 2.38 bits per heavy atom. The third-order valence-corrected chi connectivity index (χ3v) is 14.0. The third-order valence-electron chi connectivity index (χ3n) is 11.5. The van der Waals surface area contributed by atoms with Gasteiger partial charge < -0.3 is 32.0 Å². The number of rotatable bonds is 23. The highest BCUT2D eigenvalue weighted by Gasteiger charge is 2.37. The average Bonchev–Trinajstić information content (AvgIpc) is 3.62. The maximum absolute atomic E-state index is 12.5. The number of hydrogen-bond donors (Lipinski definition) is 6. The van der Waals surface area contributed by atoms with Gasteiger partial charge in [0.15, 0.2) is 5.82 Å². The number of pyridine rings is 1. The zero-order valence-corrected chi connectivity index (χ0v) is 34.9. The van der Waals surface area contributed by atoms with Crippen molar-refractivity contribution in [3.63, 3.8) is 0 Å². The number of benzene rings is 1. The molecule has 4 atom stereocenters. The molecule has 0 saturated heterocycles. The maximum Gasteiger partial charge on any atom is 0.220 e. The van der Waals surface area contributed by atoms with E-state index in [1.54, 1.807) is 21.6 Å². The first kappa shape index (κ1) is 43.1. The Kier molecular flexibility index (Phi) is 18.2. The molecule has 1 aromatic carbocycles. The Morgan fingerprint density at radius 1 is 0.836 bits per heavy atom. The van der Waals surface area contributed by atoms with Crippen LogP contribution in [0.3, 0.4) is 0 Å². The smallest absolute Gasteiger partial charge is 0.220 e. The van der Waals surface area contributed by atoms with E-state index < -0.39 is 0 Å². The van der Waals surface area contributed by atoms with Gasteiger partial charge in [0, 0.05) is 74.3 Å². The number of anilines is 1. The van der Waals surface area contributed by atoms with Gasteiger partial charge in [0.25, 0.3) is 0 Å². The van der Waals surface area contributed by atoms with Gasteiger partial charge in [-0.3, -0.25) is 15.0 Å². The Balaban J connectivity index is 0.855. The highest BCUT2D eigenvalue weighted by atomic mass is 33.1. The number of imidazole rings is 1. The molecule has 2 bridgehead atoms. The first-order chi connectivity index (χ1) is 26.9. The van der Waals surface area contributed by atoms with Gasteiger partial charge in [-0.25, -0.2) is 9.97 Å². The molecule has 0 spiro atoms. The van der Waals surface area contributed by atoms with E-state index in [2.05, 4.69) is 38.5 Å². The summed E-state index contributed by atoms with van der Waals surface area (Å²) in [5.41, 5.74) is 15.8. The number of amidine groups is 1. The van der Waals surface area contributed by atoms with Crippen LogP contribution in [0.15, 0.2) is 24.3 Å². The van der Waals surface area contributed by atoms with Crippen molar-refractivity contribution in [2.24, 2.45) is 17.6 Å². The number of aromatic nitrogens is 3. The van der Waals surface area contributed by atoms with E-state index in [1.165, 1.54) is 44.9 Å². The zero-order chi connectivity index (χ0) is 38.8. The monoisotopic (exact) mass is 793 g/mol. The predicted molar refractivity (Wildman–Crippen MR) is 232 cm³/mol. The van der Waals surface area contributed by atoms with E-state index in [-0.39, 0.29) is 23.9 Å². The molecule has 3 aromatic rings. The van der Waals surface area contributed by atoms with Gasteiger partial charge in [-0.15, -0.1) is 0 Å². The van der Waals surface area contributed by atoms with Crippen molar-refractivity contribution in [2.75, 3.05) is 30.3 Å². The molecule has 11 nitrogen and oxygen atoms in total. The van der Waals surface area contributed by atoms with E-state index in [0.717, 1.165) is 110 Å². The number of nitrogen functional groups attached to an aromatic ring is 1. The first-order valence-electron chi connectivity index (χ1n) is 21.3. The summed E-state index contributed by atoms with van der Waals surface area (Å²) < 4.78 is 2.32. The number of nitrogens with one attached hydrogen (secondary N) is 4. The summed E-state index contributed by atoms with van der Waals surface area (Å²) in [4.78, 5) is 34.3. The van der Waals surface area contributed by atoms with Gasteiger partial charge in [0.2, 0.25) is 11.8 Å². The summed E-state index contributed by atoms with van der Waals surface area (Å²) in [6.07, 6.45) is 19.2. The summed E-state index contributed by atoms with van der Waals surface area (Å²) in [5.74, 6) is 5.33. The Bertz CT molecular complexity index is 1660. The lowest BCUT2D eigenvalue weighted by Crippen LogP contribution is -2.57. The number of para-hydroxylation sites is 1. The van der Waals surface area contributed by atoms with Crippen molar-refractivity contribution in [2.45, 2.75) is 148 Å². The minimum atomic E-state index is 0.0898. The maximum atomic E-state index is 12.5. The van der Waals surface area contributed by atoms with Crippen molar-refractivity contribution in [3.05, 3.63) is 30.1 Å². The Morgan fingerprint density at radius 2 is 1.56 bits per heavy atom. The van der Waals surface area contributed by atoms with E-state index in [1.807, 2.05) is 18.2 Å². The van der Waals surface area contributed by atoms with Gasteiger partial charge in [-0.1, -0.05) is 78.8 Å². The van der Waals surface area contributed by atoms with Crippen LogP contribution in [0.5, 0.6) is 0 Å². The quantitative estimate of drug-likeness (QED) is 0.0241. The molecule has 3 aliphatic carbocycles. The molecule has 304 valence electrons. The first-order valence-corrected chi connectivity index (χ1v) is 23.7. The molecule has 4 unspecified atom stereocenters. The number of nitrogens with two attached hydrogens (primary N) is 2. The SMILES string of the molecule is CCCCc1nc2c(N)nc3ccccc3c2n1CCCCNC(=O)CCCCCNC(=O)CCSSCCCC(=N)NC1C2CCCCCC(CC2)C1N. The molecule has 2 amide bonds. The van der Waals surface area contributed by atoms with Crippen LogP contribution in [-0.2, 0) is 22.6 Å². The molecule has 6 rings (SSSR count). The fourth-order valence-electron chi connectivity index (χ4n) is 8.39. The molecule has 0 aliphatic heterocycles. The van der Waals surface area contributed by atoms with Crippen LogP contribution in [0, 0.1) is 17.2 Å². The second kappa shape index (κ2) is 23.3. The lowest BCUT2D eigenvalue weighted by molar-refractivity contribution is -0.122. The number of carbonyl (C=O) groups is 2. The van der Waals surface area contributed by atoms with E-state index in [4.69, 9.17) is 21.9 Å². The van der Waals surface area contributed by atoms with Crippen molar-refractivity contribution >= 4 is 67.0 Å². The van der Waals surface area contributed by atoms with Crippen LogP contribution in [0.25, 0.3) is 21.9 Å². The summed E-state index contributed by atoms with van der Waals surface area (Å²) in [5, 5.41) is 19.3. The van der Waals surface area contributed by atoms with Crippen LogP contribution < -0.4 is 27.4 Å². The number of hydrogen-bond acceptors (Lipinski definition) is 9. The second-order valence-electron chi connectivity index (χ2n) is 15.7. The predicted octanol–water partition coefficient (Wildman–Crippen LogP) is 7.89. The summed E-state index contributed by atoms with van der Waals surface area (Å²) in [7, 11) is 3.53. The molecule has 0 radical (unpaired) electrons. The summed E-state index contributed by atoms with van der Waals surface area (Å²) >= 11 is 0. The van der Waals surface area contributed by atoms with Crippen molar-refractivity contribution in [3.8, 4) is 0 Å². The Labute approximate surface area is 336 Å². The van der Waals surface area contributed by atoms with Crippen LogP contribution in [0.4, 0.5) is 5.82 Å². The van der Waals surface area contributed by atoms with Gasteiger partial charge in [-0.2, -0.15) is 0 Å². The van der Waals surface area contributed by atoms with Crippen LogP contribution in [0.1, 0.15) is 128 Å². The van der Waals surface area contributed by atoms with E-state index in [0.29, 0.717) is 49.4 Å². The minimum absolute atomic E-state index is 0.0898. The van der Waals surface area contributed by atoms with Gasteiger partial charge >= 0.3 is 0 Å². The average molecular weight is 794 g/mol. The fourth-order valence-corrected chi connectivity index (χ4v) is 10.5. The van der Waals surface area contributed by atoms with Gasteiger partial charge in [0.1, 0.15) is 11.3 Å². The van der Waals surface area contributed by atoms with Crippen LogP contribution in [0.2, 0.25) is 0 Å². The molecule has 13 heteroatoms. The standard InChI is InChI=1S/C42H67N9O2S2/c1-2-3-20-35-50-40-41(32-17-9-10-18-33(32)48-42(40)45)51(35)27-13-12-26-46-36(52)21-8-5-11-25-47-37(53)24-29-55-54-28-14-19-34(43)49-39-31-16-7-4-6-15-30(22-23-31)38(39)44/h9-10,17-18,30-31,38-39H,2-8,11-16,19-29,44H2,1H3,(H2,43,49)(H2,45,48)(H,46,52)(H,47,53). The van der Waals surface area contributed by atoms with Crippen molar-refractivity contribution < 1.29 is 9.59 Å². The highest BCUT2D eigenvalue weighted by Crippen LogP contribution is 2.37. The topological polar surface area (TPSA) is 177 Å². The summed E-state index contributed by atoms with van der Waals surface area (Å²) in [6, 6.07) is 8.54. The van der Waals surface area contributed by atoms with Gasteiger partial charge in [0.05, 0.1) is 16.9 Å². The molecule has 55 heavy (non-hydrogen) atoms. The fraction of sp³-hybridized carbons (Fsp3) is 0.690. The molecule has 3 aliphatic rings. The lowest BCUT2D eigenvalue weighted by Gasteiger charge is -2.41. The van der Waals surface area contributed by atoms with Crippen LogP contribution in [-0.4, -0.2) is 68.9 Å². The van der Waals surface area contributed by atoms with Crippen molar-refractivity contribution in [1.82, 2.24) is 30.5 Å². The number of aryl methyl sites for hydroxylation is 2. The van der Waals surface area contributed by atoms with E-state index >= 15 is 0 Å². The summed E-state index contributed by atoms with van der Waals surface area (Å²) in [6.45, 7) is 4.32. The highest BCUT2D eigenvalue weighted by molar-refractivity contribution is 8.76. The number of fused-ring (bicyclic) bond motifs is 9. The molecular weight excluding hydrogens is 727 g/mol.